The third-order valence-corrected chi connectivity index (χ3v) is 8.49. The van der Waals surface area contributed by atoms with Gasteiger partial charge in [0.25, 0.3) is 17.7 Å². The molecule has 0 radical (unpaired) electrons. The minimum atomic E-state index is -2.86. The first-order valence-corrected chi connectivity index (χ1v) is 14.2. The Hall–Kier alpha value is -5.63. The molecule has 1 saturated carbocycles. The Morgan fingerprint density at radius 3 is 2.22 bits per heavy atom. The molecule has 240 valence electrons. The van der Waals surface area contributed by atoms with E-state index in [0.717, 1.165) is 23.5 Å². The van der Waals surface area contributed by atoms with Gasteiger partial charge in [-0.3, -0.25) is 28.9 Å². The largest absolute Gasteiger partial charge is 0.504 e. The van der Waals surface area contributed by atoms with Crippen molar-refractivity contribution in [3.63, 3.8) is 0 Å². The van der Waals surface area contributed by atoms with E-state index in [9.17, 15) is 54.0 Å². The van der Waals surface area contributed by atoms with Crippen LogP contribution in [-0.4, -0.2) is 106 Å². The number of ether oxygens (including phenoxy) is 1. The minimum absolute atomic E-state index is 0.0500. The zero-order chi connectivity index (χ0) is 33.3. The maximum atomic E-state index is 13.4. The van der Waals surface area contributed by atoms with E-state index in [2.05, 4.69) is 10.1 Å². The molecule has 19 nitrogen and oxygen atoms in total. The molecule has 6 rings (SSSR count). The van der Waals surface area contributed by atoms with Crippen LogP contribution in [0.4, 0.5) is 5.13 Å². The quantitative estimate of drug-likeness (QED) is 0.0687. The number of aromatic hydroxyl groups is 2. The number of nitrogens with two attached hydrogens (primary N) is 1. The van der Waals surface area contributed by atoms with Crippen molar-refractivity contribution in [1.82, 2.24) is 14.9 Å². The fourth-order valence-corrected chi connectivity index (χ4v) is 5.72. The number of hydrogen-bond donors (Lipinski definition) is 5. The predicted molar refractivity (Wildman–Crippen MR) is 145 cm³/mol. The van der Waals surface area contributed by atoms with Crippen molar-refractivity contribution in [3.05, 3.63) is 34.3 Å². The lowest BCUT2D eigenvalue weighted by molar-refractivity contribution is -0.256. The summed E-state index contributed by atoms with van der Waals surface area (Å²) >= 11 is 0.948. The number of rotatable bonds is 10. The number of ketones is 1. The van der Waals surface area contributed by atoms with Gasteiger partial charge >= 0.3 is 23.6 Å². The number of oxime groups is 1. The summed E-state index contributed by atoms with van der Waals surface area (Å²) in [7, 11) is 0. The second-order valence-electron chi connectivity index (χ2n) is 10.8. The van der Waals surface area contributed by atoms with Gasteiger partial charge in [0.05, 0.1) is 30.1 Å². The highest BCUT2D eigenvalue weighted by Crippen LogP contribution is 2.42. The van der Waals surface area contributed by atoms with Crippen LogP contribution >= 0.6 is 11.3 Å². The summed E-state index contributed by atoms with van der Waals surface area (Å²) in [5, 5.41) is 44.4. The van der Waals surface area contributed by atoms with E-state index in [-0.39, 0.29) is 39.9 Å². The molecule has 0 bridgehead atoms. The maximum Gasteiger partial charge on any atom is 0.372 e. The Bertz CT molecular complexity index is 1760. The first-order valence-electron chi connectivity index (χ1n) is 13.3. The number of carbonyl (C=O) groups excluding carboxylic acids is 5. The van der Waals surface area contributed by atoms with E-state index < -0.39 is 101 Å². The number of nitrogen functional groups attached to an aromatic ring is 1. The molecule has 3 amide bonds. The fourth-order valence-electron chi connectivity index (χ4n) is 5.17. The van der Waals surface area contributed by atoms with Crippen LogP contribution in [0.5, 0.6) is 11.5 Å². The normalized spacial score (nSPS) is 25.1. The van der Waals surface area contributed by atoms with Crippen LogP contribution in [0.2, 0.25) is 0 Å². The summed E-state index contributed by atoms with van der Waals surface area (Å²) in [6, 6.07) is -0.252. The van der Waals surface area contributed by atoms with Gasteiger partial charge in [-0.05, 0) is 12.1 Å². The van der Waals surface area contributed by atoms with Gasteiger partial charge in [-0.25, -0.2) is 19.4 Å². The average Bonchev–Trinajstić information content (AvgIpc) is 3.21. The summed E-state index contributed by atoms with van der Waals surface area (Å²) in [5.41, 5.74) is -0.0673. The van der Waals surface area contributed by atoms with Crippen LogP contribution in [0, 0.1) is 5.92 Å². The Balaban J connectivity index is 1.22. The molecule has 46 heavy (non-hydrogen) atoms. The van der Waals surface area contributed by atoms with Crippen LogP contribution in [-0.2, 0) is 38.4 Å². The molecule has 3 fully saturated rings. The number of carboxylic acids is 2. The molecule has 1 unspecified atom stereocenters. The number of hydroxylamine groups is 2. The summed E-state index contributed by atoms with van der Waals surface area (Å²) in [4.78, 5) is 105. The number of imide groups is 1. The van der Waals surface area contributed by atoms with Crippen molar-refractivity contribution in [2.45, 2.75) is 43.1 Å². The average molecular weight is 660 g/mol. The Morgan fingerprint density at radius 1 is 1.07 bits per heavy atom. The number of hydrogen-bond acceptors (Lipinski definition) is 16. The lowest BCUT2D eigenvalue weighted by atomic mass is 9.98. The SMILES string of the molecule is Nc1nc(/C(=N/OC2(C(=O)O)CC2)C(=O)C[C@H]2CON(C3(C(=O)O)C[C@H](N4C(=O)c5cc(O)c(O)cc5C4=O)C(=O)O3)C2=O)cs1. The van der Waals surface area contributed by atoms with E-state index >= 15 is 0 Å². The molecule has 3 atom stereocenters. The van der Waals surface area contributed by atoms with Gasteiger partial charge in [0.15, 0.2) is 28.1 Å². The molecule has 4 aliphatic rings. The number of aromatic nitrogens is 1. The molecular weight excluding hydrogens is 638 g/mol. The van der Waals surface area contributed by atoms with Gasteiger partial charge in [-0.2, -0.15) is 5.06 Å². The number of benzene rings is 1. The Kier molecular flexibility index (Phi) is 6.93. The number of thiazole rings is 1. The van der Waals surface area contributed by atoms with Crippen LogP contribution in [0.3, 0.4) is 0 Å². The maximum absolute atomic E-state index is 13.4. The highest BCUT2D eigenvalue weighted by Gasteiger charge is 2.65. The topological polar surface area (TPSA) is 286 Å². The minimum Gasteiger partial charge on any atom is -0.504 e. The molecule has 1 aromatic heterocycles. The first-order chi connectivity index (χ1) is 21.7. The highest BCUT2D eigenvalue weighted by molar-refractivity contribution is 7.13. The lowest BCUT2D eigenvalue weighted by Crippen LogP contribution is -2.56. The second-order valence-corrected chi connectivity index (χ2v) is 11.6. The van der Waals surface area contributed by atoms with E-state index in [1.807, 2.05) is 0 Å². The number of fused-ring (bicyclic) bond motifs is 1. The van der Waals surface area contributed by atoms with Crippen LogP contribution < -0.4 is 5.73 Å². The van der Waals surface area contributed by atoms with E-state index in [0.29, 0.717) is 4.90 Å². The van der Waals surface area contributed by atoms with Gasteiger partial charge in [0.2, 0.25) is 5.60 Å². The lowest BCUT2D eigenvalue weighted by Gasteiger charge is -2.31. The monoisotopic (exact) mass is 659 g/mol. The zero-order valence-corrected chi connectivity index (χ0v) is 23.9. The molecule has 20 heteroatoms. The van der Waals surface area contributed by atoms with Gasteiger partial charge in [-0.15, -0.1) is 11.3 Å². The number of phenols is 2. The fraction of sp³-hybridized carbons (Fsp3) is 0.346. The third-order valence-electron chi connectivity index (χ3n) is 7.82. The number of carbonyl (C=O) groups is 7. The standard InChI is InChI=1S/C26H21N5O14S/c27-24-28-12(8-46-24)17(29-45-25(1-2-25)22(39)40)16(34)3-9-7-43-31(18(9)35)26(23(41)42)6-13(21(38)44-26)30-19(36)10-4-14(32)15(33)5-11(10)20(30)37/h4-5,8-9,13,32-33H,1-3,6-7H2,(H2,27,28)(H,39,40)(H,41,42)/b29-17-/t9-,13-,26?/m0/s1. The number of Topliss-reactive ketones (excluding diaryl/α,β-unsaturated/α-hetero) is 1. The Labute approximate surface area is 259 Å². The van der Waals surface area contributed by atoms with Gasteiger partial charge in [0.1, 0.15) is 11.7 Å². The van der Waals surface area contributed by atoms with E-state index in [1.165, 1.54) is 5.38 Å². The molecule has 2 aromatic rings. The van der Waals surface area contributed by atoms with E-state index in [1.54, 1.807) is 0 Å². The molecule has 6 N–H and O–H groups in total. The van der Waals surface area contributed by atoms with Gasteiger partial charge < -0.3 is 35.7 Å². The third kappa shape index (κ3) is 4.65. The van der Waals surface area contributed by atoms with Crippen molar-refractivity contribution in [3.8, 4) is 11.5 Å². The Morgan fingerprint density at radius 2 is 1.70 bits per heavy atom. The van der Waals surface area contributed by atoms with Crippen LogP contribution in [0.1, 0.15) is 52.1 Å². The van der Waals surface area contributed by atoms with Crippen molar-refractivity contribution in [2.24, 2.45) is 11.1 Å². The number of nitrogens with zero attached hydrogens (tertiary/aromatic N) is 4. The van der Waals surface area contributed by atoms with Crippen LogP contribution in [0.15, 0.2) is 22.7 Å². The number of amides is 3. The molecule has 3 aliphatic heterocycles. The molecular formula is C26H21N5O14S. The van der Waals surface area contributed by atoms with Gasteiger partial charge in [0, 0.05) is 24.6 Å². The predicted octanol–water partition coefficient (Wildman–Crippen LogP) is -0.784. The molecule has 0 spiro atoms. The smallest absolute Gasteiger partial charge is 0.372 e. The number of aliphatic carboxylic acids is 2. The number of esters is 1. The van der Waals surface area contributed by atoms with Crippen molar-refractivity contribution in [2.75, 3.05) is 12.3 Å². The molecule has 4 heterocycles. The first kappa shape index (κ1) is 30.4. The van der Waals surface area contributed by atoms with Crippen molar-refractivity contribution in [1.29, 1.82) is 0 Å². The summed E-state index contributed by atoms with van der Waals surface area (Å²) < 4.78 is 5.10. The summed E-state index contributed by atoms with van der Waals surface area (Å²) in [5.74, 6) is -11.5. The highest BCUT2D eigenvalue weighted by atomic mass is 32.1. The second kappa shape index (κ2) is 10.5. The van der Waals surface area contributed by atoms with Gasteiger partial charge in [-0.1, -0.05) is 5.16 Å². The number of anilines is 1. The van der Waals surface area contributed by atoms with Crippen LogP contribution in [0.25, 0.3) is 0 Å². The molecule has 2 saturated heterocycles. The van der Waals surface area contributed by atoms with Crippen molar-refractivity contribution < 1.29 is 68.4 Å². The summed E-state index contributed by atoms with van der Waals surface area (Å²) in [6.07, 6.45) is -1.35. The molecule has 1 aliphatic carbocycles. The number of cyclic esters (lactones) is 1. The summed E-state index contributed by atoms with van der Waals surface area (Å²) in [6.45, 7) is -0.570. The molecule has 1 aromatic carbocycles. The number of phenolic OH excluding ortho intramolecular Hbond substituents is 2. The number of carboxylic acid groups (broad SMARTS) is 2. The van der Waals surface area contributed by atoms with Crippen molar-refractivity contribution >= 4 is 63.6 Å². The zero-order valence-electron chi connectivity index (χ0n) is 23.1. The van der Waals surface area contributed by atoms with E-state index in [4.69, 9.17) is 20.1 Å².